The number of rotatable bonds is 4. The van der Waals surface area contributed by atoms with Crippen LogP contribution in [0.3, 0.4) is 0 Å². The van der Waals surface area contributed by atoms with Crippen molar-refractivity contribution in [2.24, 2.45) is 5.92 Å². The topological polar surface area (TPSA) is 46.3 Å². The second kappa shape index (κ2) is 5.71. The van der Waals surface area contributed by atoms with E-state index < -0.39 is 0 Å². The van der Waals surface area contributed by atoms with Gasteiger partial charge in [0.05, 0.1) is 6.42 Å². The monoisotopic (exact) mass is 234 g/mol. The van der Waals surface area contributed by atoms with Crippen LogP contribution in [0, 0.1) is 5.92 Å². The van der Waals surface area contributed by atoms with Crippen LogP contribution in [-0.4, -0.2) is 23.9 Å². The van der Waals surface area contributed by atoms with E-state index in [-0.39, 0.29) is 11.9 Å². The predicted octanol–water partition coefficient (Wildman–Crippen LogP) is 2.31. The van der Waals surface area contributed by atoms with Crippen molar-refractivity contribution in [2.75, 3.05) is 12.8 Å². The van der Waals surface area contributed by atoms with Crippen molar-refractivity contribution in [3.05, 3.63) is 29.8 Å². The second-order valence-electron chi connectivity index (χ2n) is 4.91. The minimum Gasteiger partial charge on any atom is -0.399 e. The zero-order valence-corrected chi connectivity index (χ0v) is 11.1. The summed E-state index contributed by atoms with van der Waals surface area (Å²) in [5, 5.41) is 0. The first-order chi connectivity index (χ1) is 7.91. The first-order valence-electron chi connectivity index (χ1n) is 6.02. The van der Waals surface area contributed by atoms with Crippen molar-refractivity contribution >= 4 is 11.6 Å². The maximum absolute atomic E-state index is 12.1. The fourth-order valence-corrected chi connectivity index (χ4v) is 1.68. The van der Waals surface area contributed by atoms with E-state index in [2.05, 4.69) is 20.8 Å². The average molecular weight is 234 g/mol. The van der Waals surface area contributed by atoms with Gasteiger partial charge in [0, 0.05) is 18.8 Å². The van der Waals surface area contributed by atoms with Crippen LogP contribution in [0.1, 0.15) is 26.3 Å². The lowest BCUT2D eigenvalue weighted by molar-refractivity contribution is -0.131. The number of carbonyl (C=O) groups is 1. The third-order valence-corrected chi connectivity index (χ3v) is 3.28. The first kappa shape index (κ1) is 13.6. The molecule has 94 valence electrons. The molecule has 1 amide bonds. The van der Waals surface area contributed by atoms with Gasteiger partial charge in [-0.1, -0.05) is 26.0 Å². The molecule has 0 spiro atoms. The van der Waals surface area contributed by atoms with Gasteiger partial charge < -0.3 is 10.6 Å². The molecule has 3 heteroatoms. The molecule has 0 fully saturated rings. The summed E-state index contributed by atoms with van der Waals surface area (Å²) in [5.74, 6) is 0.599. The Balaban J connectivity index is 2.66. The molecular formula is C14H22N2O. The summed E-state index contributed by atoms with van der Waals surface area (Å²) in [6.07, 6.45) is 0.415. The Kier molecular flexibility index (Phi) is 4.55. The number of amides is 1. The highest BCUT2D eigenvalue weighted by atomic mass is 16.2. The SMILES string of the molecule is CC(C)C(C)N(C)C(=O)Cc1cccc(N)c1. The van der Waals surface area contributed by atoms with Crippen LogP contribution < -0.4 is 5.73 Å². The fraction of sp³-hybridized carbons (Fsp3) is 0.500. The Hall–Kier alpha value is -1.51. The van der Waals surface area contributed by atoms with E-state index in [1.54, 1.807) is 0 Å². The van der Waals surface area contributed by atoms with E-state index in [4.69, 9.17) is 5.73 Å². The van der Waals surface area contributed by atoms with Gasteiger partial charge in [0.15, 0.2) is 0 Å². The van der Waals surface area contributed by atoms with Gasteiger partial charge >= 0.3 is 0 Å². The minimum atomic E-state index is 0.136. The molecule has 1 aromatic carbocycles. The molecule has 0 bridgehead atoms. The first-order valence-corrected chi connectivity index (χ1v) is 6.02. The third kappa shape index (κ3) is 3.77. The molecular weight excluding hydrogens is 212 g/mol. The Morgan fingerprint density at radius 1 is 1.35 bits per heavy atom. The van der Waals surface area contributed by atoms with Crippen LogP contribution in [0.25, 0.3) is 0 Å². The average Bonchev–Trinajstić information content (AvgIpc) is 2.26. The zero-order chi connectivity index (χ0) is 13.0. The van der Waals surface area contributed by atoms with Crippen molar-refractivity contribution in [1.29, 1.82) is 0 Å². The molecule has 0 aliphatic rings. The van der Waals surface area contributed by atoms with E-state index in [1.807, 2.05) is 36.2 Å². The normalized spacial score (nSPS) is 12.5. The molecule has 1 rings (SSSR count). The Labute approximate surface area is 104 Å². The van der Waals surface area contributed by atoms with Gasteiger partial charge in [-0.2, -0.15) is 0 Å². The summed E-state index contributed by atoms with van der Waals surface area (Å²) >= 11 is 0. The summed E-state index contributed by atoms with van der Waals surface area (Å²) in [6, 6.07) is 7.75. The summed E-state index contributed by atoms with van der Waals surface area (Å²) in [6.45, 7) is 6.31. The zero-order valence-electron chi connectivity index (χ0n) is 11.1. The summed E-state index contributed by atoms with van der Waals surface area (Å²) < 4.78 is 0. The highest BCUT2D eigenvalue weighted by molar-refractivity contribution is 5.79. The molecule has 1 atom stereocenters. The molecule has 0 aromatic heterocycles. The molecule has 0 heterocycles. The van der Waals surface area contributed by atoms with E-state index in [9.17, 15) is 4.79 Å². The van der Waals surface area contributed by atoms with Crippen LogP contribution in [0.15, 0.2) is 24.3 Å². The number of nitrogens with two attached hydrogens (primary N) is 1. The number of likely N-dealkylation sites (N-methyl/N-ethyl adjacent to an activating group) is 1. The molecule has 1 unspecified atom stereocenters. The van der Waals surface area contributed by atoms with E-state index >= 15 is 0 Å². The third-order valence-electron chi connectivity index (χ3n) is 3.28. The number of hydrogen-bond donors (Lipinski definition) is 1. The molecule has 0 aliphatic heterocycles. The Morgan fingerprint density at radius 2 is 2.00 bits per heavy atom. The number of anilines is 1. The van der Waals surface area contributed by atoms with Gasteiger partial charge in [0.2, 0.25) is 5.91 Å². The van der Waals surface area contributed by atoms with Crippen LogP contribution in [-0.2, 0) is 11.2 Å². The lowest BCUT2D eigenvalue weighted by Gasteiger charge is -2.28. The quantitative estimate of drug-likeness (QED) is 0.813. The van der Waals surface area contributed by atoms with Crippen molar-refractivity contribution in [3.8, 4) is 0 Å². The molecule has 17 heavy (non-hydrogen) atoms. The molecule has 2 N–H and O–H groups in total. The smallest absolute Gasteiger partial charge is 0.226 e. The molecule has 0 aliphatic carbocycles. The minimum absolute atomic E-state index is 0.136. The molecule has 0 radical (unpaired) electrons. The second-order valence-corrected chi connectivity index (χ2v) is 4.91. The van der Waals surface area contributed by atoms with Crippen molar-refractivity contribution in [1.82, 2.24) is 4.90 Å². The van der Waals surface area contributed by atoms with Gasteiger partial charge in [-0.3, -0.25) is 4.79 Å². The molecule has 0 saturated heterocycles. The lowest BCUT2D eigenvalue weighted by Crippen LogP contribution is -2.39. The lowest BCUT2D eigenvalue weighted by atomic mass is 10.0. The van der Waals surface area contributed by atoms with Crippen molar-refractivity contribution in [2.45, 2.75) is 33.2 Å². The van der Waals surface area contributed by atoms with Crippen LogP contribution in [0.2, 0.25) is 0 Å². The number of benzene rings is 1. The number of nitrogens with zero attached hydrogens (tertiary/aromatic N) is 1. The van der Waals surface area contributed by atoms with Gasteiger partial charge in [-0.25, -0.2) is 0 Å². The predicted molar refractivity (Wildman–Crippen MR) is 71.6 cm³/mol. The number of carbonyl (C=O) groups excluding carboxylic acids is 1. The van der Waals surface area contributed by atoms with E-state index in [0.717, 1.165) is 5.56 Å². The summed E-state index contributed by atoms with van der Waals surface area (Å²) in [4.78, 5) is 13.9. The van der Waals surface area contributed by atoms with Crippen LogP contribution in [0.4, 0.5) is 5.69 Å². The largest absolute Gasteiger partial charge is 0.399 e. The maximum atomic E-state index is 12.1. The fourth-order valence-electron chi connectivity index (χ4n) is 1.68. The molecule has 3 nitrogen and oxygen atoms in total. The van der Waals surface area contributed by atoms with E-state index in [0.29, 0.717) is 18.0 Å². The van der Waals surface area contributed by atoms with Crippen molar-refractivity contribution < 1.29 is 4.79 Å². The number of nitrogen functional groups attached to an aromatic ring is 1. The van der Waals surface area contributed by atoms with Crippen molar-refractivity contribution in [3.63, 3.8) is 0 Å². The van der Waals surface area contributed by atoms with Gasteiger partial charge in [-0.05, 0) is 30.5 Å². The maximum Gasteiger partial charge on any atom is 0.226 e. The molecule has 1 aromatic rings. The van der Waals surface area contributed by atoms with E-state index in [1.165, 1.54) is 0 Å². The molecule has 0 saturated carbocycles. The highest BCUT2D eigenvalue weighted by Crippen LogP contribution is 2.12. The highest BCUT2D eigenvalue weighted by Gasteiger charge is 2.18. The standard InChI is InChI=1S/C14H22N2O/c1-10(2)11(3)16(4)14(17)9-12-6-5-7-13(15)8-12/h5-8,10-11H,9,15H2,1-4H3. The van der Waals surface area contributed by atoms with Gasteiger partial charge in [-0.15, -0.1) is 0 Å². The number of hydrogen-bond acceptors (Lipinski definition) is 2. The van der Waals surface area contributed by atoms with Gasteiger partial charge in [0.25, 0.3) is 0 Å². The summed E-state index contributed by atoms with van der Waals surface area (Å²) in [7, 11) is 1.86. The van der Waals surface area contributed by atoms with Crippen LogP contribution in [0.5, 0.6) is 0 Å². The summed E-state index contributed by atoms with van der Waals surface area (Å²) in [5.41, 5.74) is 7.37. The van der Waals surface area contributed by atoms with Crippen LogP contribution >= 0.6 is 0 Å². The Morgan fingerprint density at radius 3 is 2.53 bits per heavy atom. The van der Waals surface area contributed by atoms with Gasteiger partial charge in [0.1, 0.15) is 0 Å². The Bertz CT molecular complexity index is 388.